The number of esters is 3. The van der Waals surface area contributed by atoms with Crippen molar-refractivity contribution in [3.8, 4) is 0 Å². The van der Waals surface area contributed by atoms with E-state index in [0.717, 1.165) is 83.5 Å². The molecular weight excluding hydrogens is 937 g/mol. The van der Waals surface area contributed by atoms with Crippen molar-refractivity contribution in [2.24, 2.45) is 0 Å². The lowest BCUT2D eigenvalue weighted by atomic mass is 10.0. The largest absolute Gasteiger partial charge is 0.462 e. The fraction of sp³-hybridized carbons (Fsp3) is 0.843. The Kier molecular flexibility index (Phi) is 62.6. The van der Waals surface area contributed by atoms with Crippen LogP contribution < -0.4 is 0 Å². The summed E-state index contributed by atoms with van der Waals surface area (Å²) in [6.45, 7) is 6.66. The monoisotopic (exact) mass is 1060 g/mol. The molecule has 0 heterocycles. The molecule has 6 heteroatoms. The van der Waals surface area contributed by atoms with E-state index in [0.29, 0.717) is 19.3 Å². The van der Waals surface area contributed by atoms with E-state index in [1.54, 1.807) is 0 Å². The fourth-order valence-corrected chi connectivity index (χ4v) is 9.98. The second-order valence-corrected chi connectivity index (χ2v) is 22.7. The first-order valence-corrected chi connectivity index (χ1v) is 33.6. The van der Waals surface area contributed by atoms with E-state index in [1.807, 2.05) is 0 Å². The Balaban J connectivity index is 4.34. The molecule has 0 fully saturated rings. The summed E-state index contributed by atoms with van der Waals surface area (Å²) >= 11 is 0. The van der Waals surface area contributed by atoms with Crippen LogP contribution in [0, 0.1) is 0 Å². The van der Waals surface area contributed by atoms with E-state index in [9.17, 15) is 14.4 Å². The third kappa shape index (κ3) is 62.2. The zero-order valence-electron chi connectivity index (χ0n) is 51.0. The van der Waals surface area contributed by atoms with Gasteiger partial charge in [-0.05, 0) is 83.5 Å². The molecule has 0 aromatic carbocycles. The molecule has 0 saturated carbocycles. The smallest absolute Gasteiger partial charge is 0.306 e. The summed E-state index contributed by atoms with van der Waals surface area (Å²) in [5, 5.41) is 0. The lowest BCUT2D eigenvalue weighted by Crippen LogP contribution is -2.30. The van der Waals surface area contributed by atoms with Crippen molar-refractivity contribution in [3.05, 3.63) is 48.6 Å². The second-order valence-electron chi connectivity index (χ2n) is 22.7. The SMILES string of the molecule is CCCCCC/C=C\C/C=C\CCCCCCCCCC(=O)OCC(COC(=O)CCCCCCCCCCCCCCCCCCCCCCCC)OC(=O)CCCCCCCCC/C=C\C/C=C\CCCCCC. The van der Waals surface area contributed by atoms with Crippen molar-refractivity contribution in [2.75, 3.05) is 13.2 Å². The summed E-state index contributed by atoms with van der Waals surface area (Å²) in [7, 11) is 0. The molecule has 0 saturated heterocycles. The highest BCUT2D eigenvalue weighted by Gasteiger charge is 2.19. The van der Waals surface area contributed by atoms with E-state index in [2.05, 4.69) is 69.4 Å². The van der Waals surface area contributed by atoms with Gasteiger partial charge >= 0.3 is 17.9 Å². The van der Waals surface area contributed by atoms with Crippen molar-refractivity contribution < 1.29 is 28.6 Å². The fourth-order valence-electron chi connectivity index (χ4n) is 9.98. The van der Waals surface area contributed by atoms with E-state index in [-0.39, 0.29) is 31.1 Å². The van der Waals surface area contributed by atoms with Crippen LogP contribution in [0.3, 0.4) is 0 Å². The van der Waals surface area contributed by atoms with Crippen LogP contribution in [0.5, 0.6) is 0 Å². The second kappa shape index (κ2) is 64.9. The highest BCUT2D eigenvalue weighted by Crippen LogP contribution is 2.18. The summed E-state index contributed by atoms with van der Waals surface area (Å²) in [5.41, 5.74) is 0. The number of carbonyl (C=O) groups excluding carboxylic acids is 3. The van der Waals surface area contributed by atoms with E-state index < -0.39 is 6.10 Å². The molecule has 0 aliphatic heterocycles. The first kappa shape index (κ1) is 73.4. The lowest BCUT2D eigenvalue weighted by Gasteiger charge is -2.18. The van der Waals surface area contributed by atoms with Gasteiger partial charge in [-0.25, -0.2) is 0 Å². The van der Waals surface area contributed by atoms with Gasteiger partial charge < -0.3 is 14.2 Å². The summed E-state index contributed by atoms with van der Waals surface area (Å²) in [6.07, 6.45) is 81.2. The predicted octanol–water partition coefficient (Wildman–Crippen LogP) is 22.9. The number of unbranched alkanes of at least 4 members (excludes halogenated alkanes) is 43. The van der Waals surface area contributed by atoms with Crippen LogP contribution in [0.4, 0.5) is 0 Å². The van der Waals surface area contributed by atoms with Crippen LogP contribution >= 0.6 is 0 Å². The molecule has 444 valence electrons. The molecule has 0 spiro atoms. The zero-order valence-corrected chi connectivity index (χ0v) is 51.0. The molecule has 0 aliphatic carbocycles. The van der Waals surface area contributed by atoms with Crippen LogP contribution in [-0.4, -0.2) is 37.2 Å². The Hall–Kier alpha value is -2.63. The van der Waals surface area contributed by atoms with Crippen molar-refractivity contribution >= 4 is 17.9 Å². The topological polar surface area (TPSA) is 78.9 Å². The molecule has 1 unspecified atom stereocenters. The predicted molar refractivity (Wildman–Crippen MR) is 330 cm³/mol. The van der Waals surface area contributed by atoms with Gasteiger partial charge in [-0.2, -0.15) is 0 Å². The first-order chi connectivity index (χ1) is 37.5. The Morgan fingerprint density at radius 2 is 0.474 bits per heavy atom. The van der Waals surface area contributed by atoms with Gasteiger partial charge in [-0.3, -0.25) is 14.4 Å². The Morgan fingerprint density at radius 1 is 0.263 bits per heavy atom. The minimum Gasteiger partial charge on any atom is -0.462 e. The molecule has 0 N–H and O–H groups in total. The summed E-state index contributed by atoms with van der Waals surface area (Å²) < 4.78 is 17.0. The van der Waals surface area contributed by atoms with Gasteiger partial charge in [0.15, 0.2) is 6.10 Å². The Labute approximate surface area is 473 Å². The first-order valence-electron chi connectivity index (χ1n) is 33.6. The van der Waals surface area contributed by atoms with E-state index in [4.69, 9.17) is 14.2 Å². The molecular formula is C70H128O6. The molecule has 0 aromatic rings. The number of hydrogen-bond donors (Lipinski definition) is 0. The van der Waals surface area contributed by atoms with Crippen molar-refractivity contribution in [1.82, 2.24) is 0 Å². The van der Waals surface area contributed by atoms with Gasteiger partial charge in [0, 0.05) is 19.3 Å². The maximum absolute atomic E-state index is 12.9. The van der Waals surface area contributed by atoms with Gasteiger partial charge in [0.2, 0.25) is 0 Å². The summed E-state index contributed by atoms with van der Waals surface area (Å²) in [6, 6.07) is 0. The average molecular weight is 1070 g/mol. The number of ether oxygens (including phenoxy) is 3. The van der Waals surface area contributed by atoms with Gasteiger partial charge in [0.25, 0.3) is 0 Å². The van der Waals surface area contributed by atoms with Gasteiger partial charge in [-0.15, -0.1) is 0 Å². The molecule has 0 radical (unpaired) electrons. The number of allylic oxidation sites excluding steroid dienone is 8. The standard InChI is InChI=1S/C70H128O6/c1-4-7-10-13-16-19-22-25-28-31-34-35-36-37-40-42-45-48-51-54-57-60-63-69(72)75-66-67(76-70(73)64-61-58-55-52-49-46-43-39-33-30-27-24-21-18-15-12-9-6-3)65-74-68(71)62-59-56-53-50-47-44-41-38-32-29-26-23-20-17-14-11-8-5-2/h20-21,23-24,29-30,32-33,67H,4-19,22,25-28,31,34-66H2,1-3H3/b23-20-,24-21-,32-29-,33-30-. The van der Waals surface area contributed by atoms with Crippen LogP contribution in [0.25, 0.3) is 0 Å². The molecule has 0 amide bonds. The van der Waals surface area contributed by atoms with Crippen LogP contribution in [0.1, 0.15) is 361 Å². The van der Waals surface area contributed by atoms with Crippen molar-refractivity contribution in [3.63, 3.8) is 0 Å². The summed E-state index contributed by atoms with van der Waals surface area (Å²) in [4.78, 5) is 38.4. The molecule has 0 rings (SSSR count). The Bertz CT molecular complexity index is 1310. The molecule has 1 atom stereocenters. The van der Waals surface area contributed by atoms with Gasteiger partial charge in [0.05, 0.1) is 0 Å². The van der Waals surface area contributed by atoms with E-state index in [1.165, 1.54) is 238 Å². The highest BCUT2D eigenvalue weighted by atomic mass is 16.6. The normalized spacial score (nSPS) is 12.3. The van der Waals surface area contributed by atoms with Gasteiger partial charge in [0.1, 0.15) is 13.2 Å². The van der Waals surface area contributed by atoms with Crippen LogP contribution in [-0.2, 0) is 28.6 Å². The highest BCUT2D eigenvalue weighted by molar-refractivity contribution is 5.71. The van der Waals surface area contributed by atoms with Crippen LogP contribution in [0.2, 0.25) is 0 Å². The quantitative estimate of drug-likeness (QED) is 0.0261. The minimum atomic E-state index is -0.780. The van der Waals surface area contributed by atoms with Gasteiger partial charge in [-0.1, -0.05) is 307 Å². The van der Waals surface area contributed by atoms with Crippen molar-refractivity contribution in [1.29, 1.82) is 0 Å². The van der Waals surface area contributed by atoms with Crippen molar-refractivity contribution in [2.45, 2.75) is 367 Å². The summed E-state index contributed by atoms with van der Waals surface area (Å²) in [5.74, 6) is -0.867. The average Bonchev–Trinajstić information content (AvgIpc) is 3.42. The third-order valence-corrected chi connectivity index (χ3v) is 15.1. The third-order valence-electron chi connectivity index (χ3n) is 15.1. The minimum absolute atomic E-state index is 0.0752. The Morgan fingerprint density at radius 3 is 0.737 bits per heavy atom. The molecule has 0 bridgehead atoms. The molecule has 0 aliphatic rings. The molecule has 6 nitrogen and oxygen atoms in total. The number of rotatable bonds is 62. The van der Waals surface area contributed by atoms with Crippen LogP contribution in [0.15, 0.2) is 48.6 Å². The zero-order chi connectivity index (χ0) is 55.0. The molecule has 76 heavy (non-hydrogen) atoms. The lowest BCUT2D eigenvalue weighted by molar-refractivity contribution is -0.167. The maximum atomic E-state index is 12.9. The maximum Gasteiger partial charge on any atom is 0.306 e. The number of hydrogen-bond acceptors (Lipinski definition) is 6. The van der Waals surface area contributed by atoms with E-state index >= 15 is 0 Å². The molecule has 0 aromatic heterocycles. The number of carbonyl (C=O) groups is 3.